The smallest absolute Gasteiger partial charge is 0.321 e. The van der Waals surface area contributed by atoms with Gasteiger partial charge < -0.3 is 14.8 Å². The van der Waals surface area contributed by atoms with Crippen molar-refractivity contribution in [3.05, 3.63) is 42.2 Å². The number of ether oxygens (including phenoxy) is 2. The lowest BCUT2D eigenvalue weighted by atomic mass is 10.1. The fourth-order valence-electron chi connectivity index (χ4n) is 1.87. The highest BCUT2D eigenvalue weighted by molar-refractivity contribution is 5.87. The van der Waals surface area contributed by atoms with Crippen molar-refractivity contribution in [2.75, 3.05) is 26.1 Å². The first-order valence-electron chi connectivity index (χ1n) is 6.75. The van der Waals surface area contributed by atoms with E-state index in [2.05, 4.69) is 20.6 Å². The highest BCUT2D eigenvalue weighted by Crippen LogP contribution is 2.27. The molecule has 0 bridgehead atoms. The number of nitrogens with zero attached hydrogens (tertiary/aromatic N) is 2. The summed E-state index contributed by atoms with van der Waals surface area (Å²) in [5.41, 5.74) is 1.04. The molecule has 0 saturated heterocycles. The molecule has 7 nitrogen and oxygen atoms in total. The molecule has 0 aliphatic heterocycles. The fourth-order valence-corrected chi connectivity index (χ4v) is 1.87. The van der Waals surface area contributed by atoms with Gasteiger partial charge in [0.2, 0.25) is 5.95 Å². The molecule has 22 heavy (non-hydrogen) atoms. The molecule has 2 aromatic rings. The van der Waals surface area contributed by atoms with Crippen molar-refractivity contribution in [3.8, 4) is 11.5 Å². The molecule has 0 atom stereocenters. The zero-order chi connectivity index (χ0) is 15.8. The van der Waals surface area contributed by atoms with E-state index in [0.717, 1.165) is 5.56 Å². The molecule has 116 valence electrons. The zero-order valence-electron chi connectivity index (χ0n) is 12.5. The van der Waals surface area contributed by atoms with Crippen LogP contribution in [0.2, 0.25) is 0 Å². The minimum absolute atomic E-state index is 0.270. The van der Waals surface area contributed by atoms with E-state index in [4.69, 9.17) is 9.47 Å². The Balaban J connectivity index is 1.82. The molecular formula is C15H18N4O3. The first kappa shape index (κ1) is 15.6. The van der Waals surface area contributed by atoms with Crippen molar-refractivity contribution in [3.63, 3.8) is 0 Å². The van der Waals surface area contributed by atoms with E-state index in [0.29, 0.717) is 24.5 Å². The number of rotatable bonds is 6. The van der Waals surface area contributed by atoms with Gasteiger partial charge in [-0.05, 0) is 30.2 Å². The number of carbonyl (C=O) groups excluding carboxylic acids is 1. The van der Waals surface area contributed by atoms with Gasteiger partial charge in [-0.25, -0.2) is 14.8 Å². The van der Waals surface area contributed by atoms with Gasteiger partial charge >= 0.3 is 6.03 Å². The van der Waals surface area contributed by atoms with Gasteiger partial charge in [-0.3, -0.25) is 5.32 Å². The number of hydrogen-bond donors (Lipinski definition) is 2. The normalized spacial score (nSPS) is 9.91. The summed E-state index contributed by atoms with van der Waals surface area (Å²) in [6.07, 6.45) is 3.79. The van der Waals surface area contributed by atoms with Crippen molar-refractivity contribution < 1.29 is 14.3 Å². The van der Waals surface area contributed by atoms with E-state index in [1.807, 2.05) is 18.2 Å². The fraction of sp³-hybridized carbons (Fsp3) is 0.267. The molecule has 0 aliphatic carbocycles. The van der Waals surface area contributed by atoms with Crippen molar-refractivity contribution in [1.82, 2.24) is 15.3 Å². The minimum Gasteiger partial charge on any atom is -0.493 e. The molecule has 1 aromatic heterocycles. The quantitative estimate of drug-likeness (QED) is 0.850. The van der Waals surface area contributed by atoms with Crippen LogP contribution in [-0.4, -0.2) is 36.8 Å². The molecule has 0 spiro atoms. The first-order valence-corrected chi connectivity index (χ1v) is 6.75. The molecular weight excluding hydrogens is 284 g/mol. The van der Waals surface area contributed by atoms with Crippen LogP contribution < -0.4 is 20.1 Å². The lowest BCUT2D eigenvalue weighted by Gasteiger charge is -2.10. The Bertz CT molecular complexity index is 619. The Morgan fingerprint density at radius 2 is 1.86 bits per heavy atom. The average molecular weight is 302 g/mol. The predicted molar refractivity (Wildman–Crippen MR) is 82.3 cm³/mol. The standard InChI is InChI=1S/C15H18N4O3/c1-21-12-5-4-11(10-13(12)22-2)6-9-18-15(20)19-14-16-7-3-8-17-14/h3-5,7-8,10H,6,9H2,1-2H3,(H2,16,17,18,19,20). The van der Waals surface area contributed by atoms with Crippen molar-refractivity contribution in [1.29, 1.82) is 0 Å². The maximum atomic E-state index is 11.7. The Hall–Kier alpha value is -2.83. The topological polar surface area (TPSA) is 85.4 Å². The molecule has 0 aliphatic rings. The van der Waals surface area contributed by atoms with E-state index < -0.39 is 0 Å². The summed E-state index contributed by atoms with van der Waals surface area (Å²) in [6.45, 7) is 0.480. The molecule has 0 saturated carbocycles. The first-order chi connectivity index (χ1) is 10.7. The molecule has 1 heterocycles. The van der Waals surface area contributed by atoms with Gasteiger partial charge in [-0.1, -0.05) is 6.07 Å². The average Bonchev–Trinajstić information content (AvgIpc) is 2.55. The molecule has 2 N–H and O–H groups in total. The number of nitrogens with one attached hydrogen (secondary N) is 2. The van der Waals surface area contributed by atoms with Crippen molar-refractivity contribution >= 4 is 12.0 Å². The molecule has 0 radical (unpaired) electrons. The van der Waals surface area contributed by atoms with Gasteiger partial charge in [0, 0.05) is 18.9 Å². The van der Waals surface area contributed by atoms with Crippen LogP contribution in [0.25, 0.3) is 0 Å². The Morgan fingerprint density at radius 3 is 2.55 bits per heavy atom. The number of urea groups is 1. The van der Waals surface area contributed by atoms with E-state index in [1.165, 1.54) is 0 Å². The Morgan fingerprint density at radius 1 is 1.14 bits per heavy atom. The second-order valence-electron chi connectivity index (χ2n) is 4.39. The largest absolute Gasteiger partial charge is 0.493 e. The maximum absolute atomic E-state index is 11.7. The van der Waals surface area contributed by atoms with Gasteiger partial charge in [0.05, 0.1) is 14.2 Å². The summed E-state index contributed by atoms with van der Waals surface area (Å²) >= 11 is 0. The number of hydrogen-bond acceptors (Lipinski definition) is 5. The van der Waals surface area contributed by atoms with Crippen LogP contribution in [0.3, 0.4) is 0 Å². The van der Waals surface area contributed by atoms with Gasteiger partial charge in [-0.15, -0.1) is 0 Å². The van der Waals surface area contributed by atoms with E-state index >= 15 is 0 Å². The van der Waals surface area contributed by atoms with Crippen LogP contribution in [0, 0.1) is 0 Å². The third kappa shape index (κ3) is 4.34. The number of amides is 2. The van der Waals surface area contributed by atoms with Gasteiger partial charge in [-0.2, -0.15) is 0 Å². The van der Waals surface area contributed by atoms with Gasteiger partial charge in [0.15, 0.2) is 11.5 Å². The number of methoxy groups -OCH3 is 2. The maximum Gasteiger partial charge on any atom is 0.321 e. The van der Waals surface area contributed by atoms with Crippen molar-refractivity contribution in [2.45, 2.75) is 6.42 Å². The SMILES string of the molecule is COc1ccc(CCNC(=O)Nc2ncccn2)cc1OC. The summed E-state index contributed by atoms with van der Waals surface area (Å²) in [4.78, 5) is 19.5. The van der Waals surface area contributed by atoms with Crippen LogP contribution in [0.5, 0.6) is 11.5 Å². The third-order valence-electron chi connectivity index (χ3n) is 2.94. The van der Waals surface area contributed by atoms with Crippen molar-refractivity contribution in [2.24, 2.45) is 0 Å². The second-order valence-corrected chi connectivity index (χ2v) is 4.39. The van der Waals surface area contributed by atoms with Crippen LogP contribution >= 0.6 is 0 Å². The Kier molecular flexibility index (Phi) is 5.53. The summed E-state index contributed by atoms with van der Waals surface area (Å²) in [7, 11) is 3.18. The molecule has 0 unspecified atom stereocenters. The molecule has 0 fully saturated rings. The highest BCUT2D eigenvalue weighted by Gasteiger charge is 2.06. The number of carbonyl (C=O) groups is 1. The molecule has 1 aromatic carbocycles. The highest BCUT2D eigenvalue weighted by atomic mass is 16.5. The number of benzene rings is 1. The van der Waals surface area contributed by atoms with Gasteiger partial charge in [0.25, 0.3) is 0 Å². The lowest BCUT2D eigenvalue weighted by Crippen LogP contribution is -2.31. The number of aromatic nitrogens is 2. The van der Waals surface area contributed by atoms with E-state index in [1.54, 1.807) is 32.7 Å². The third-order valence-corrected chi connectivity index (χ3v) is 2.94. The molecule has 2 amide bonds. The summed E-state index contributed by atoms with van der Waals surface area (Å²) in [5, 5.41) is 5.30. The summed E-state index contributed by atoms with van der Waals surface area (Å²) in [6, 6.07) is 7.00. The van der Waals surface area contributed by atoms with Crippen LogP contribution in [0.15, 0.2) is 36.7 Å². The lowest BCUT2D eigenvalue weighted by molar-refractivity contribution is 0.252. The monoisotopic (exact) mass is 302 g/mol. The predicted octanol–water partition coefficient (Wildman–Crippen LogP) is 1.86. The summed E-state index contributed by atoms with van der Waals surface area (Å²) < 4.78 is 10.4. The number of anilines is 1. The van der Waals surface area contributed by atoms with E-state index in [-0.39, 0.29) is 12.0 Å². The zero-order valence-corrected chi connectivity index (χ0v) is 12.5. The molecule has 2 rings (SSSR count). The van der Waals surface area contributed by atoms with E-state index in [9.17, 15) is 4.79 Å². The second kappa shape index (κ2) is 7.82. The minimum atomic E-state index is -0.341. The van der Waals surface area contributed by atoms with Crippen LogP contribution in [0.4, 0.5) is 10.7 Å². The van der Waals surface area contributed by atoms with Crippen LogP contribution in [-0.2, 0) is 6.42 Å². The Labute approximate surface area is 128 Å². The summed E-state index contributed by atoms with van der Waals surface area (Å²) in [5.74, 6) is 1.62. The van der Waals surface area contributed by atoms with Gasteiger partial charge in [0.1, 0.15) is 0 Å². The van der Waals surface area contributed by atoms with Crippen LogP contribution in [0.1, 0.15) is 5.56 Å². The molecule has 7 heteroatoms.